The topological polar surface area (TPSA) is 17.1 Å². The first-order valence-corrected chi connectivity index (χ1v) is 5.18. The summed E-state index contributed by atoms with van der Waals surface area (Å²) in [6, 6.07) is 7.59. The first-order chi connectivity index (χ1) is 6.92. The lowest BCUT2D eigenvalue weighted by atomic mass is 9.87. The molecule has 0 aliphatic rings. The van der Waals surface area contributed by atoms with E-state index in [-0.39, 0.29) is 11.2 Å². The van der Waals surface area contributed by atoms with Crippen molar-refractivity contribution >= 4 is 11.9 Å². The zero-order valence-electron chi connectivity index (χ0n) is 9.71. The summed E-state index contributed by atoms with van der Waals surface area (Å²) in [5.74, 6) is 0.200. The molecule has 0 fully saturated rings. The lowest BCUT2D eigenvalue weighted by molar-refractivity contribution is 0.0940. The molecule has 0 radical (unpaired) electrons. The highest BCUT2D eigenvalue weighted by Gasteiger charge is 2.17. The lowest BCUT2D eigenvalue weighted by Gasteiger charge is -2.16. The third kappa shape index (κ3) is 3.70. The Morgan fingerprint density at radius 3 is 2.60 bits per heavy atom. The predicted molar refractivity (Wildman–Crippen MR) is 64.9 cm³/mol. The summed E-state index contributed by atoms with van der Waals surface area (Å²) >= 11 is 0. The number of hydrogen-bond donors (Lipinski definition) is 0. The molecule has 0 amide bonds. The molecule has 1 aromatic carbocycles. The third-order valence-electron chi connectivity index (χ3n) is 2.14. The van der Waals surface area contributed by atoms with Crippen LogP contribution >= 0.6 is 0 Å². The van der Waals surface area contributed by atoms with E-state index in [0.717, 1.165) is 11.1 Å². The van der Waals surface area contributed by atoms with Crippen LogP contribution in [0.3, 0.4) is 0 Å². The fourth-order valence-corrected chi connectivity index (χ4v) is 1.42. The van der Waals surface area contributed by atoms with Crippen LogP contribution in [0.1, 0.15) is 43.1 Å². The van der Waals surface area contributed by atoms with E-state index in [1.165, 1.54) is 0 Å². The summed E-state index contributed by atoms with van der Waals surface area (Å²) in [6.07, 6.45) is 2.33. The largest absolute Gasteiger partial charge is 0.294 e. The third-order valence-corrected chi connectivity index (χ3v) is 2.14. The van der Waals surface area contributed by atoms with Crippen molar-refractivity contribution < 1.29 is 4.79 Å². The van der Waals surface area contributed by atoms with Crippen molar-refractivity contribution in [2.75, 3.05) is 0 Å². The van der Waals surface area contributed by atoms with Gasteiger partial charge in [0.05, 0.1) is 0 Å². The summed E-state index contributed by atoms with van der Waals surface area (Å²) in [6.45, 7) is 9.91. The van der Waals surface area contributed by atoms with Gasteiger partial charge in [-0.05, 0) is 17.0 Å². The van der Waals surface area contributed by atoms with Gasteiger partial charge in [-0.1, -0.05) is 51.6 Å². The number of rotatable bonds is 3. The van der Waals surface area contributed by atoms with E-state index < -0.39 is 0 Å². The number of hydrogen-bond acceptors (Lipinski definition) is 1. The molecule has 0 N–H and O–H groups in total. The summed E-state index contributed by atoms with van der Waals surface area (Å²) < 4.78 is 0. The first kappa shape index (κ1) is 11.7. The maximum atomic E-state index is 11.9. The number of Topliss-reactive ketones (excluding diaryl/α,β-unsaturated/α-hetero) is 1. The number of carbonyl (C=O) groups excluding carboxylic acids is 1. The van der Waals surface area contributed by atoms with Crippen molar-refractivity contribution in [2.24, 2.45) is 5.41 Å². The minimum atomic E-state index is 0.0429. The molecular formula is C14H18O. The standard InChI is InChI=1S/C14H18O/c1-5-11-7-6-8-12(9-11)13(15)10-14(2,3)4/h5-9H,1,10H2,2-4H3. The Morgan fingerprint density at radius 2 is 2.07 bits per heavy atom. The second-order valence-electron chi connectivity index (χ2n) is 4.99. The van der Waals surface area contributed by atoms with Gasteiger partial charge in [0.1, 0.15) is 0 Å². The molecule has 0 spiro atoms. The Morgan fingerprint density at radius 1 is 1.40 bits per heavy atom. The molecular weight excluding hydrogens is 184 g/mol. The molecule has 0 atom stereocenters. The van der Waals surface area contributed by atoms with E-state index >= 15 is 0 Å². The minimum Gasteiger partial charge on any atom is -0.294 e. The van der Waals surface area contributed by atoms with Gasteiger partial charge in [0, 0.05) is 12.0 Å². The molecule has 0 unspecified atom stereocenters. The summed E-state index contributed by atoms with van der Waals surface area (Å²) in [5.41, 5.74) is 1.82. The van der Waals surface area contributed by atoms with Crippen molar-refractivity contribution in [2.45, 2.75) is 27.2 Å². The van der Waals surface area contributed by atoms with Crippen LogP contribution in [0.25, 0.3) is 6.08 Å². The van der Waals surface area contributed by atoms with Crippen LogP contribution in [-0.2, 0) is 0 Å². The normalized spacial score (nSPS) is 11.1. The number of benzene rings is 1. The van der Waals surface area contributed by atoms with Gasteiger partial charge < -0.3 is 0 Å². The monoisotopic (exact) mass is 202 g/mol. The van der Waals surface area contributed by atoms with Crippen LogP contribution in [0.15, 0.2) is 30.8 Å². The van der Waals surface area contributed by atoms with Gasteiger partial charge in [-0.3, -0.25) is 4.79 Å². The Balaban J connectivity index is 2.87. The second kappa shape index (κ2) is 4.43. The number of carbonyl (C=O) groups is 1. The molecule has 15 heavy (non-hydrogen) atoms. The van der Waals surface area contributed by atoms with Crippen molar-refractivity contribution in [3.63, 3.8) is 0 Å². The molecule has 0 heterocycles. The molecule has 0 aromatic heterocycles. The molecule has 0 bridgehead atoms. The van der Waals surface area contributed by atoms with Gasteiger partial charge >= 0.3 is 0 Å². The quantitative estimate of drug-likeness (QED) is 0.678. The van der Waals surface area contributed by atoms with Crippen molar-refractivity contribution in [3.05, 3.63) is 42.0 Å². The van der Waals surface area contributed by atoms with Gasteiger partial charge in [-0.25, -0.2) is 0 Å². The van der Waals surface area contributed by atoms with Crippen LogP contribution < -0.4 is 0 Å². The van der Waals surface area contributed by atoms with Gasteiger partial charge in [-0.15, -0.1) is 0 Å². The average molecular weight is 202 g/mol. The second-order valence-corrected chi connectivity index (χ2v) is 4.99. The molecule has 0 saturated heterocycles. The van der Waals surface area contributed by atoms with Crippen LogP contribution in [0.2, 0.25) is 0 Å². The summed E-state index contributed by atoms with van der Waals surface area (Å²) in [4.78, 5) is 11.9. The van der Waals surface area contributed by atoms with Crippen LogP contribution in [0.4, 0.5) is 0 Å². The summed E-state index contributed by atoms with van der Waals surface area (Å²) in [5, 5.41) is 0. The SMILES string of the molecule is C=Cc1cccc(C(=O)CC(C)(C)C)c1. The minimum absolute atomic E-state index is 0.0429. The lowest BCUT2D eigenvalue weighted by Crippen LogP contribution is -2.13. The molecule has 1 nitrogen and oxygen atoms in total. The highest BCUT2D eigenvalue weighted by atomic mass is 16.1. The number of ketones is 1. The Bertz CT molecular complexity index is 369. The predicted octanol–water partition coefficient (Wildman–Crippen LogP) is 3.95. The van der Waals surface area contributed by atoms with Crippen molar-refractivity contribution in [1.82, 2.24) is 0 Å². The average Bonchev–Trinajstić information content (AvgIpc) is 2.15. The van der Waals surface area contributed by atoms with Gasteiger partial charge in [0.2, 0.25) is 0 Å². The molecule has 0 aliphatic carbocycles. The van der Waals surface area contributed by atoms with Crippen molar-refractivity contribution in [1.29, 1.82) is 0 Å². The maximum absolute atomic E-state index is 11.9. The molecule has 1 heteroatoms. The van der Waals surface area contributed by atoms with Crippen molar-refractivity contribution in [3.8, 4) is 0 Å². The van der Waals surface area contributed by atoms with E-state index in [0.29, 0.717) is 6.42 Å². The van der Waals surface area contributed by atoms with Gasteiger partial charge in [-0.2, -0.15) is 0 Å². The first-order valence-electron chi connectivity index (χ1n) is 5.18. The molecule has 1 rings (SSSR count). The Kier molecular flexibility index (Phi) is 3.46. The molecule has 0 aliphatic heterocycles. The van der Waals surface area contributed by atoms with E-state index in [4.69, 9.17) is 0 Å². The fraction of sp³-hybridized carbons (Fsp3) is 0.357. The highest BCUT2D eigenvalue weighted by molar-refractivity contribution is 5.96. The smallest absolute Gasteiger partial charge is 0.163 e. The van der Waals surface area contributed by atoms with Crippen LogP contribution in [-0.4, -0.2) is 5.78 Å². The van der Waals surface area contributed by atoms with Crippen LogP contribution in [0.5, 0.6) is 0 Å². The molecule has 80 valence electrons. The van der Waals surface area contributed by atoms with E-state index in [2.05, 4.69) is 27.4 Å². The zero-order chi connectivity index (χ0) is 11.5. The molecule has 0 saturated carbocycles. The molecule has 1 aromatic rings. The van der Waals surface area contributed by atoms with E-state index in [9.17, 15) is 4.79 Å². The Labute approximate surface area is 91.8 Å². The van der Waals surface area contributed by atoms with Gasteiger partial charge in [0.15, 0.2) is 5.78 Å². The zero-order valence-corrected chi connectivity index (χ0v) is 9.71. The van der Waals surface area contributed by atoms with E-state index in [1.54, 1.807) is 6.08 Å². The van der Waals surface area contributed by atoms with Gasteiger partial charge in [0.25, 0.3) is 0 Å². The fourth-order valence-electron chi connectivity index (χ4n) is 1.42. The summed E-state index contributed by atoms with van der Waals surface area (Å²) in [7, 11) is 0. The highest BCUT2D eigenvalue weighted by Crippen LogP contribution is 2.21. The maximum Gasteiger partial charge on any atom is 0.163 e. The Hall–Kier alpha value is -1.37. The van der Waals surface area contributed by atoms with Crippen LogP contribution in [0, 0.1) is 5.41 Å². The van der Waals surface area contributed by atoms with E-state index in [1.807, 2.05) is 24.3 Å².